The van der Waals surface area contributed by atoms with Crippen molar-refractivity contribution in [3.05, 3.63) is 41.4 Å². The predicted octanol–water partition coefficient (Wildman–Crippen LogP) is 5.27. The zero-order valence-electron chi connectivity index (χ0n) is 19.7. The smallest absolute Gasteiger partial charge is 0.370 e. The molecular formula is C25H27F3N6O. The van der Waals surface area contributed by atoms with E-state index in [1.807, 2.05) is 24.7 Å². The lowest BCUT2D eigenvalue weighted by molar-refractivity contribution is -0.337. The van der Waals surface area contributed by atoms with Crippen LogP contribution in [0.4, 0.5) is 13.2 Å². The van der Waals surface area contributed by atoms with Crippen molar-refractivity contribution in [1.29, 1.82) is 0 Å². The van der Waals surface area contributed by atoms with Gasteiger partial charge in [-0.15, -0.1) is 0 Å². The van der Waals surface area contributed by atoms with Crippen molar-refractivity contribution in [2.75, 3.05) is 0 Å². The topological polar surface area (TPSA) is 78.6 Å². The monoisotopic (exact) mass is 484 g/mol. The standard InChI is InChI=1S/C25H27F3N6O/c1-13-7-29-19-20(23-10-24(11-23,12-23)25(26,27)28)32-21(33-22(19)31-13)15-5-14(2)35-18(6-15)16-8-30-34(9-16)17-3-4-17/h7-9,14-15,17-18H,3-6,10-12H2,1-2H3/t14-,15+,18-,23?,24?/m1/s1. The first-order chi connectivity index (χ1) is 16.6. The first kappa shape index (κ1) is 21.6. The summed E-state index contributed by atoms with van der Waals surface area (Å²) in [6, 6.07) is 0.502. The average molecular weight is 485 g/mol. The minimum atomic E-state index is -4.17. The van der Waals surface area contributed by atoms with Crippen molar-refractivity contribution in [1.82, 2.24) is 29.7 Å². The van der Waals surface area contributed by atoms with Crippen LogP contribution in [0.25, 0.3) is 11.2 Å². The van der Waals surface area contributed by atoms with Crippen molar-refractivity contribution >= 4 is 11.2 Å². The van der Waals surface area contributed by atoms with Gasteiger partial charge in [0.25, 0.3) is 0 Å². The molecule has 0 radical (unpaired) electrons. The Bertz CT molecular complexity index is 1310. The van der Waals surface area contributed by atoms with Crippen LogP contribution in [0, 0.1) is 12.3 Å². The fourth-order valence-electron chi connectivity index (χ4n) is 6.53. The molecule has 0 spiro atoms. The molecule has 5 fully saturated rings. The van der Waals surface area contributed by atoms with Crippen molar-refractivity contribution in [3.63, 3.8) is 0 Å². The van der Waals surface area contributed by atoms with Gasteiger partial charge in [-0.05, 0) is 58.8 Å². The fourth-order valence-corrected chi connectivity index (χ4v) is 6.53. The van der Waals surface area contributed by atoms with E-state index >= 15 is 0 Å². The van der Waals surface area contributed by atoms with Crippen LogP contribution in [0.3, 0.4) is 0 Å². The summed E-state index contributed by atoms with van der Waals surface area (Å²) in [4.78, 5) is 18.9. The lowest BCUT2D eigenvalue weighted by atomic mass is 9.34. The normalized spacial score (nSPS) is 34.5. The number of aromatic nitrogens is 6. The Kier molecular flexibility index (Phi) is 4.32. The first-order valence-electron chi connectivity index (χ1n) is 12.4. The van der Waals surface area contributed by atoms with Gasteiger partial charge in [-0.25, -0.2) is 19.9 Å². The highest BCUT2D eigenvalue weighted by atomic mass is 19.4. The van der Waals surface area contributed by atoms with E-state index in [0.717, 1.165) is 30.5 Å². The number of alkyl halides is 3. The van der Waals surface area contributed by atoms with E-state index in [2.05, 4.69) is 21.3 Å². The molecule has 4 heterocycles. The molecule has 5 aliphatic rings. The molecule has 0 aromatic carbocycles. The van der Waals surface area contributed by atoms with Crippen LogP contribution in [0.15, 0.2) is 18.6 Å². The van der Waals surface area contributed by atoms with Gasteiger partial charge in [-0.2, -0.15) is 18.3 Å². The average Bonchev–Trinajstić information content (AvgIpc) is 3.46. The summed E-state index contributed by atoms with van der Waals surface area (Å²) in [5.74, 6) is 0.662. The number of nitrogens with zero attached hydrogens (tertiary/aromatic N) is 6. The van der Waals surface area contributed by atoms with Gasteiger partial charge >= 0.3 is 6.18 Å². The van der Waals surface area contributed by atoms with E-state index in [4.69, 9.17) is 14.7 Å². The van der Waals surface area contributed by atoms with Crippen molar-refractivity contribution < 1.29 is 17.9 Å². The van der Waals surface area contributed by atoms with Gasteiger partial charge < -0.3 is 4.74 Å². The number of rotatable bonds is 4. The fraction of sp³-hybridized carbons (Fsp3) is 0.640. The molecule has 8 rings (SSSR count). The number of ether oxygens (including phenoxy) is 1. The Balaban J connectivity index is 1.24. The maximum absolute atomic E-state index is 13.6. The van der Waals surface area contributed by atoms with E-state index in [9.17, 15) is 13.2 Å². The molecule has 1 aliphatic heterocycles. The van der Waals surface area contributed by atoms with Crippen molar-refractivity contribution in [3.8, 4) is 0 Å². The third-order valence-electron chi connectivity index (χ3n) is 8.47. The summed E-state index contributed by atoms with van der Waals surface area (Å²) in [5.41, 5.74) is 1.32. The van der Waals surface area contributed by atoms with E-state index in [1.54, 1.807) is 6.20 Å². The van der Waals surface area contributed by atoms with Gasteiger partial charge in [-0.3, -0.25) is 4.68 Å². The quantitative estimate of drug-likeness (QED) is 0.502. The van der Waals surface area contributed by atoms with Gasteiger partial charge in [0.1, 0.15) is 11.3 Å². The zero-order valence-corrected chi connectivity index (χ0v) is 19.7. The Morgan fingerprint density at radius 3 is 2.54 bits per heavy atom. The second kappa shape index (κ2) is 6.99. The molecule has 1 saturated heterocycles. The van der Waals surface area contributed by atoms with Crippen LogP contribution in [-0.2, 0) is 10.2 Å². The summed E-state index contributed by atoms with van der Waals surface area (Å²) in [6.45, 7) is 3.89. The largest absolute Gasteiger partial charge is 0.394 e. The minimum Gasteiger partial charge on any atom is -0.370 e. The van der Waals surface area contributed by atoms with E-state index < -0.39 is 17.0 Å². The van der Waals surface area contributed by atoms with Crippen LogP contribution < -0.4 is 0 Å². The SMILES string of the molecule is Cc1cnc2c(C34CC(C(F)(F)F)(C3)C4)nc([C@H]3C[C@@H](C)O[C@@H](c4cnn(C5CC5)c4)C3)nc2n1. The Hall–Kier alpha value is -2.62. The van der Waals surface area contributed by atoms with Crippen LogP contribution in [-0.4, -0.2) is 42.0 Å². The molecule has 3 aromatic rings. The zero-order chi connectivity index (χ0) is 24.2. The summed E-state index contributed by atoms with van der Waals surface area (Å²) in [6.07, 6.45) is 5.34. The third-order valence-corrected chi connectivity index (χ3v) is 8.47. The molecule has 2 bridgehead atoms. The molecule has 3 atom stereocenters. The number of hydrogen-bond acceptors (Lipinski definition) is 6. The van der Waals surface area contributed by atoms with Crippen LogP contribution in [0.5, 0.6) is 0 Å². The van der Waals surface area contributed by atoms with E-state index in [-0.39, 0.29) is 37.4 Å². The highest BCUT2D eigenvalue weighted by molar-refractivity contribution is 5.75. The van der Waals surface area contributed by atoms with Gasteiger partial charge in [0, 0.05) is 29.3 Å². The molecule has 184 valence electrons. The van der Waals surface area contributed by atoms with Gasteiger partial charge in [0.15, 0.2) is 5.65 Å². The molecule has 0 N–H and O–H groups in total. The molecule has 0 unspecified atom stereocenters. The third kappa shape index (κ3) is 3.24. The summed E-state index contributed by atoms with van der Waals surface area (Å²) in [7, 11) is 0. The first-order valence-corrected chi connectivity index (χ1v) is 12.4. The maximum Gasteiger partial charge on any atom is 0.394 e. The predicted molar refractivity (Wildman–Crippen MR) is 120 cm³/mol. The summed E-state index contributed by atoms with van der Waals surface area (Å²) < 4.78 is 49.0. The molecule has 4 saturated carbocycles. The molecule has 35 heavy (non-hydrogen) atoms. The Labute approximate surface area is 200 Å². The number of halogens is 3. The van der Waals surface area contributed by atoms with Crippen molar-refractivity contribution in [2.24, 2.45) is 5.41 Å². The highest BCUT2D eigenvalue weighted by Crippen LogP contribution is 2.78. The number of aryl methyl sites for hydroxylation is 1. The highest BCUT2D eigenvalue weighted by Gasteiger charge is 2.79. The second-order valence-electron chi connectivity index (χ2n) is 11.3. The molecule has 0 amide bonds. The molecule has 7 nitrogen and oxygen atoms in total. The van der Waals surface area contributed by atoms with Crippen LogP contribution in [0.1, 0.15) is 92.7 Å². The lowest BCUT2D eigenvalue weighted by Crippen LogP contribution is -2.70. The summed E-state index contributed by atoms with van der Waals surface area (Å²) >= 11 is 0. The van der Waals surface area contributed by atoms with Gasteiger partial charge in [0.2, 0.25) is 0 Å². The Morgan fingerprint density at radius 2 is 1.83 bits per heavy atom. The Morgan fingerprint density at radius 1 is 1.06 bits per heavy atom. The van der Waals surface area contributed by atoms with Gasteiger partial charge in [-0.1, -0.05) is 0 Å². The number of fused-ring (bicyclic) bond motifs is 1. The van der Waals surface area contributed by atoms with Crippen molar-refractivity contribution in [2.45, 2.75) is 94.6 Å². The minimum absolute atomic E-state index is 0.00202. The van der Waals surface area contributed by atoms with Gasteiger partial charge in [0.05, 0.1) is 41.2 Å². The van der Waals surface area contributed by atoms with Crippen LogP contribution >= 0.6 is 0 Å². The van der Waals surface area contributed by atoms with E-state index in [1.165, 1.54) is 0 Å². The van der Waals surface area contributed by atoms with E-state index in [0.29, 0.717) is 35.1 Å². The molecule has 3 aromatic heterocycles. The summed E-state index contributed by atoms with van der Waals surface area (Å²) in [5, 5.41) is 4.52. The number of hydrogen-bond donors (Lipinski definition) is 0. The van der Waals surface area contributed by atoms with Crippen LogP contribution in [0.2, 0.25) is 0 Å². The molecular weight excluding hydrogens is 457 g/mol. The molecule has 10 heteroatoms. The maximum atomic E-state index is 13.6. The molecule has 4 aliphatic carbocycles. The lowest BCUT2D eigenvalue weighted by Gasteiger charge is -2.70. The second-order valence-corrected chi connectivity index (χ2v) is 11.3.